The standard InChI is InChI=1S/C21H22FN5O2/c1-13(28)4-6-16-19(14-5-7-18(24-2)17(22)12-14)25-21(26(3)20(16)29)27-10-8-15(23)9-11-27/h5,7,12-13,15,28H,8-11,23H2,1,3H3. The lowest BCUT2D eigenvalue weighted by atomic mass is 10.1. The normalized spacial score (nSPS) is 15.4. The maximum Gasteiger partial charge on any atom is 0.271 e. The zero-order chi connectivity index (χ0) is 21.1. The van der Waals surface area contributed by atoms with Gasteiger partial charge in [0.2, 0.25) is 11.6 Å². The molecule has 1 aliphatic rings. The lowest BCUT2D eigenvalue weighted by Crippen LogP contribution is -2.42. The van der Waals surface area contributed by atoms with Crippen LogP contribution >= 0.6 is 0 Å². The SMILES string of the molecule is [C-]#[N+]c1ccc(-c2nc(N3CCC(N)CC3)n(C)c(=O)c2C#CC(C)O)cc1F. The molecule has 0 radical (unpaired) electrons. The summed E-state index contributed by atoms with van der Waals surface area (Å²) in [4.78, 5) is 22.8. The van der Waals surface area contributed by atoms with Crippen LogP contribution in [0.2, 0.25) is 0 Å². The van der Waals surface area contributed by atoms with Crippen LogP contribution in [0.4, 0.5) is 16.0 Å². The van der Waals surface area contributed by atoms with Gasteiger partial charge in [0.15, 0.2) is 0 Å². The summed E-state index contributed by atoms with van der Waals surface area (Å²) in [6.45, 7) is 9.81. The summed E-state index contributed by atoms with van der Waals surface area (Å²) in [6.07, 6.45) is 0.628. The quantitative estimate of drug-likeness (QED) is 0.598. The number of halogens is 1. The van der Waals surface area contributed by atoms with Crippen molar-refractivity contribution < 1.29 is 9.50 Å². The highest BCUT2D eigenvalue weighted by Gasteiger charge is 2.23. The summed E-state index contributed by atoms with van der Waals surface area (Å²) in [5.74, 6) is 5.01. The minimum absolute atomic E-state index is 0.0702. The van der Waals surface area contributed by atoms with Gasteiger partial charge < -0.3 is 15.7 Å². The van der Waals surface area contributed by atoms with E-state index in [0.29, 0.717) is 24.6 Å². The molecule has 1 fully saturated rings. The van der Waals surface area contributed by atoms with Crippen molar-refractivity contribution in [2.75, 3.05) is 18.0 Å². The van der Waals surface area contributed by atoms with E-state index >= 15 is 0 Å². The predicted molar refractivity (Wildman–Crippen MR) is 109 cm³/mol. The molecule has 1 aliphatic heterocycles. The van der Waals surface area contributed by atoms with Crippen molar-refractivity contribution in [2.45, 2.75) is 31.9 Å². The van der Waals surface area contributed by atoms with E-state index in [-0.39, 0.29) is 28.5 Å². The highest BCUT2D eigenvalue weighted by molar-refractivity contribution is 5.70. The molecule has 1 atom stereocenters. The van der Waals surface area contributed by atoms with Crippen molar-refractivity contribution in [3.05, 3.63) is 51.4 Å². The van der Waals surface area contributed by atoms with Crippen LogP contribution in [0.5, 0.6) is 0 Å². The summed E-state index contributed by atoms with van der Waals surface area (Å²) < 4.78 is 15.6. The summed E-state index contributed by atoms with van der Waals surface area (Å²) in [7, 11) is 1.61. The fourth-order valence-electron chi connectivity index (χ4n) is 3.22. The van der Waals surface area contributed by atoms with Gasteiger partial charge in [-0.05, 0) is 25.8 Å². The van der Waals surface area contributed by atoms with Gasteiger partial charge in [0, 0.05) is 31.7 Å². The molecule has 1 saturated heterocycles. The van der Waals surface area contributed by atoms with Crippen LogP contribution < -0.4 is 16.2 Å². The molecule has 8 heteroatoms. The van der Waals surface area contributed by atoms with E-state index in [1.165, 1.54) is 23.6 Å². The molecular weight excluding hydrogens is 373 g/mol. The van der Waals surface area contributed by atoms with Crippen LogP contribution in [0.15, 0.2) is 23.0 Å². The molecule has 0 saturated carbocycles. The van der Waals surface area contributed by atoms with Crippen LogP contribution in [0.1, 0.15) is 25.3 Å². The summed E-state index contributed by atoms with van der Waals surface area (Å²) in [6, 6.07) is 4.19. The lowest BCUT2D eigenvalue weighted by molar-refractivity contribution is 0.253. The second kappa shape index (κ2) is 8.44. The molecule has 1 aromatic carbocycles. The van der Waals surface area contributed by atoms with Crippen LogP contribution in [-0.2, 0) is 7.05 Å². The van der Waals surface area contributed by atoms with Crippen LogP contribution in [0, 0.1) is 24.2 Å². The molecule has 2 heterocycles. The number of nitrogens with two attached hydrogens (primary N) is 1. The monoisotopic (exact) mass is 395 g/mol. The molecule has 3 N–H and O–H groups in total. The first kappa shape index (κ1) is 20.5. The highest BCUT2D eigenvalue weighted by atomic mass is 19.1. The summed E-state index contributed by atoms with van der Waals surface area (Å²) >= 11 is 0. The fraction of sp³-hybridized carbons (Fsp3) is 0.381. The van der Waals surface area contributed by atoms with Crippen LogP contribution in [0.25, 0.3) is 16.1 Å². The van der Waals surface area contributed by atoms with E-state index in [0.717, 1.165) is 12.8 Å². The smallest absolute Gasteiger partial charge is 0.271 e. The van der Waals surface area contributed by atoms with Crippen LogP contribution in [0.3, 0.4) is 0 Å². The molecule has 0 aliphatic carbocycles. The van der Waals surface area contributed by atoms with Gasteiger partial charge >= 0.3 is 0 Å². The highest BCUT2D eigenvalue weighted by Crippen LogP contribution is 2.28. The van der Waals surface area contributed by atoms with Crippen molar-refractivity contribution in [3.8, 4) is 23.1 Å². The Morgan fingerprint density at radius 3 is 2.69 bits per heavy atom. The van der Waals surface area contributed by atoms with Crippen molar-refractivity contribution in [3.63, 3.8) is 0 Å². The van der Waals surface area contributed by atoms with E-state index in [4.69, 9.17) is 12.3 Å². The van der Waals surface area contributed by atoms with Crippen molar-refractivity contribution in [1.29, 1.82) is 0 Å². The molecule has 3 rings (SSSR count). The predicted octanol–water partition coefficient (Wildman–Crippen LogP) is 1.80. The van der Waals surface area contributed by atoms with Gasteiger partial charge in [-0.25, -0.2) is 14.2 Å². The number of hydrogen-bond donors (Lipinski definition) is 2. The molecular formula is C21H22FN5O2. The van der Waals surface area contributed by atoms with Gasteiger partial charge in [-0.2, -0.15) is 0 Å². The largest absolute Gasteiger partial charge is 0.381 e. The third-order valence-corrected chi connectivity index (χ3v) is 4.84. The summed E-state index contributed by atoms with van der Waals surface area (Å²) in [5.41, 5.74) is 6.12. The average Bonchev–Trinajstić information content (AvgIpc) is 2.69. The molecule has 0 spiro atoms. The Hall–Kier alpha value is -3.20. The van der Waals surface area contributed by atoms with Gasteiger partial charge in [-0.1, -0.05) is 24.0 Å². The second-order valence-corrected chi connectivity index (χ2v) is 7.05. The number of aliphatic hydroxyl groups excluding tert-OH is 1. The number of hydrogen-bond acceptors (Lipinski definition) is 5. The van der Waals surface area contributed by atoms with Gasteiger partial charge in [0.25, 0.3) is 5.56 Å². The minimum atomic E-state index is -0.933. The third-order valence-electron chi connectivity index (χ3n) is 4.84. The van der Waals surface area contributed by atoms with E-state index in [2.05, 4.69) is 21.7 Å². The first-order valence-corrected chi connectivity index (χ1v) is 9.30. The Morgan fingerprint density at radius 2 is 2.10 bits per heavy atom. The first-order chi connectivity index (χ1) is 13.8. The number of anilines is 1. The van der Waals surface area contributed by atoms with Gasteiger partial charge in [0.1, 0.15) is 17.5 Å². The van der Waals surface area contributed by atoms with Gasteiger partial charge in [-0.3, -0.25) is 9.36 Å². The van der Waals surface area contributed by atoms with E-state index in [1.807, 2.05) is 4.90 Å². The third kappa shape index (κ3) is 4.29. The molecule has 2 aromatic rings. The van der Waals surface area contributed by atoms with Crippen molar-refractivity contribution in [1.82, 2.24) is 9.55 Å². The number of nitrogens with zero attached hydrogens (tertiary/aromatic N) is 4. The Bertz CT molecular complexity index is 1080. The zero-order valence-corrected chi connectivity index (χ0v) is 16.3. The molecule has 0 bridgehead atoms. The zero-order valence-electron chi connectivity index (χ0n) is 16.3. The Balaban J connectivity index is 2.21. The number of piperidine rings is 1. The number of benzene rings is 1. The van der Waals surface area contributed by atoms with Gasteiger partial charge in [-0.15, -0.1) is 0 Å². The van der Waals surface area contributed by atoms with Gasteiger partial charge in [0.05, 0.1) is 12.3 Å². The van der Waals surface area contributed by atoms with Crippen molar-refractivity contribution >= 4 is 11.6 Å². The Kier molecular flexibility index (Phi) is 5.97. The van der Waals surface area contributed by atoms with E-state index in [1.54, 1.807) is 13.1 Å². The Morgan fingerprint density at radius 1 is 1.41 bits per heavy atom. The first-order valence-electron chi connectivity index (χ1n) is 9.30. The number of rotatable bonds is 2. The minimum Gasteiger partial charge on any atom is -0.381 e. The molecule has 7 nitrogen and oxygen atoms in total. The maximum absolute atomic E-state index is 14.2. The molecule has 150 valence electrons. The van der Waals surface area contributed by atoms with E-state index < -0.39 is 11.9 Å². The van der Waals surface area contributed by atoms with Crippen molar-refractivity contribution in [2.24, 2.45) is 12.8 Å². The van der Waals surface area contributed by atoms with Crippen LogP contribution in [-0.4, -0.2) is 39.9 Å². The summed E-state index contributed by atoms with van der Waals surface area (Å²) in [5, 5.41) is 9.51. The lowest BCUT2D eigenvalue weighted by Gasteiger charge is -2.32. The fourth-order valence-corrected chi connectivity index (χ4v) is 3.22. The molecule has 0 amide bonds. The number of aliphatic hydroxyl groups is 1. The second-order valence-electron chi connectivity index (χ2n) is 7.05. The van der Waals surface area contributed by atoms with E-state index in [9.17, 15) is 14.3 Å². The Labute approximate surface area is 168 Å². The topological polar surface area (TPSA) is 88.7 Å². The maximum atomic E-state index is 14.2. The molecule has 29 heavy (non-hydrogen) atoms. The number of aromatic nitrogens is 2. The molecule has 1 unspecified atom stereocenters. The molecule has 1 aromatic heterocycles. The average molecular weight is 395 g/mol.